The second-order valence-electron chi connectivity index (χ2n) is 25.9. The molecule has 0 radical (unpaired) electrons. The van der Waals surface area contributed by atoms with E-state index in [4.69, 9.17) is 0 Å². The molecule has 4 aliphatic rings. The lowest BCUT2D eigenvalue weighted by molar-refractivity contribution is 0.217. The van der Waals surface area contributed by atoms with Crippen molar-refractivity contribution in [1.29, 1.82) is 0 Å². The molecule has 12 heteroatoms. The van der Waals surface area contributed by atoms with Gasteiger partial charge in [-0.1, -0.05) is 184 Å². The largest absolute Gasteiger partial charge is 0.219 e. The summed E-state index contributed by atoms with van der Waals surface area (Å²) in [6.07, 6.45) is 8.38. The van der Waals surface area contributed by atoms with Crippen LogP contribution < -0.4 is 0 Å². The van der Waals surface area contributed by atoms with E-state index >= 15 is 0 Å². The predicted molar refractivity (Wildman–Crippen MR) is 293 cm³/mol. The molecule has 8 nitrogen and oxygen atoms in total. The zero-order chi connectivity index (χ0) is 53.9. The minimum Gasteiger partial charge on any atom is -0.219 e. The maximum atomic E-state index is 13.5. The van der Waals surface area contributed by atoms with E-state index in [0.717, 1.165) is 22.3 Å². The molecule has 0 bridgehead atoms. The number of fused-ring (bicyclic) bond motifs is 2. The fourth-order valence-corrected chi connectivity index (χ4v) is 17.4. The molecule has 0 saturated carbocycles. The second kappa shape index (κ2) is 17.6. The van der Waals surface area contributed by atoms with Gasteiger partial charge in [0.25, 0.3) is 0 Å². The van der Waals surface area contributed by atoms with Crippen LogP contribution in [0.25, 0.3) is 0 Å². The van der Waals surface area contributed by atoms with E-state index in [9.17, 15) is 33.7 Å². The quantitative estimate of drug-likeness (QED) is 0.170. The van der Waals surface area contributed by atoms with Gasteiger partial charge in [-0.25, -0.2) is 33.7 Å². The summed E-state index contributed by atoms with van der Waals surface area (Å²) in [5.41, 5.74) is 1.69. The fourth-order valence-electron chi connectivity index (χ4n) is 10.6. The number of allylic oxidation sites excluding steroid dienone is 8. The summed E-state index contributed by atoms with van der Waals surface area (Å²) in [6, 6.07) is 28.5. The SMILES string of the molecule is CC(C)(C)c1ccc(S(=O)(=O)C2=CC3(C)C=C(S(=O)(=O)c4ccc(C(C)(C)C)cc4)CC3(C)C2)cc1.CC(C)(C)c1ccc(S(=O)(=O)C2=CC3(C)CC(S(=O)(=O)c4ccc(C(C)(C)C)cc4)=CC3(C)C2)cc1. The Morgan fingerprint density at radius 1 is 0.306 bits per heavy atom. The average Bonchev–Trinajstić information content (AvgIpc) is 3.89. The maximum Gasteiger partial charge on any atom is 0.202 e. The van der Waals surface area contributed by atoms with Gasteiger partial charge in [0.1, 0.15) is 0 Å². The summed E-state index contributed by atoms with van der Waals surface area (Å²) in [5.74, 6) is 0. The minimum absolute atomic E-state index is 0.0628. The molecule has 0 amide bonds. The van der Waals surface area contributed by atoms with Gasteiger partial charge in [-0.05, 0) is 124 Å². The van der Waals surface area contributed by atoms with Crippen molar-refractivity contribution in [1.82, 2.24) is 0 Å². The van der Waals surface area contributed by atoms with Crippen LogP contribution in [0.1, 0.15) is 159 Å². The topological polar surface area (TPSA) is 137 Å². The maximum absolute atomic E-state index is 13.5. The molecule has 388 valence electrons. The first-order valence-corrected chi connectivity index (χ1v) is 30.8. The third-order valence-corrected chi connectivity index (χ3v) is 23.6. The van der Waals surface area contributed by atoms with Gasteiger partial charge in [0.15, 0.2) is 0 Å². The first-order valence-electron chi connectivity index (χ1n) is 24.9. The molecule has 72 heavy (non-hydrogen) atoms. The Labute approximate surface area is 432 Å². The summed E-state index contributed by atoms with van der Waals surface area (Å²) in [4.78, 5) is 2.62. The summed E-state index contributed by atoms with van der Waals surface area (Å²) >= 11 is 0. The number of benzene rings is 4. The van der Waals surface area contributed by atoms with Crippen LogP contribution in [0.4, 0.5) is 0 Å². The molecule has 0 spiro atoms. The Balaban J connectivity index is 0.000000211. The highest BCUT2D eigenvalue weighted by Crippen LogP contribution is 2.63. The van der Waals surface area contributed by atoms with Gasteiger partial charge in [0.2, 0.25) is 39.3 Å². The van der Waals surface area contributed by atoms with E-state index in [1.54, 1.807) is 60.7 Å². The van der Waals surface area contributed by atoms with Gasteiger partial charge in [0.05, 0.1) is 19.6 Å². The summed E-state index contributed by atoms with van der Waals surface area (Å²) in [5, 5.41) is 0. The first kappa shape index (κ1) is 55.4. The Bertz CT molecular complexity index is 3160. The molecule has 0 saturated heterocycles. The molecule has 0 aliphatic heterocycles. The highest BCUT2D eigenvalue weighted by atomic mass is 32.2. The number of rotatable bonds is 8. The molecular weight excluding hydrogens is 977 g/mol. The van der Waals surface area contributed by atoms with E-state index in [1.165, 1.54) is 0 Å². The van der Waals surface area contributed by atoms with Gasteiger partial charge in [-0.15, -0.1) is 0 Å². The Morgan fingerprint density at radius 3 is 0.681 bits per heavy atom. The van der Waals surface area contributed by atoms with Crippen LogP contribution in [-0.4, -0.2) is 33.7 Å². The number of hydrogen-bond donors (Lipinski definition) is 0. The predicted octanol–water partition coefficient (Wildman–Crippen LogP) is 14.2. The normalized spacial score (nSPS) is 24.9. The van der Waals surface area contributed by atoms with Crippen LogP contribution in [-0.2, 0) is 61.0 Å². The van der Waals surface area contributed by atoms with Crippen molar-refractivity contribution >= 4 is 39.3 Å². The standard InChI is InChI=1S/2C30H38O4S2/c2*1-27(2,3)21-9-13-23(14-10-21)35(31,32)25-17-29(7)19-26(20-30(29,8)18-25)36(33,34)24-15-11-22(12-16-24)28(4,5)6/h9-17,20H,18-19H2,1-8H3;9-17,19H,18,20H2,1-8H3. The van der Waals surface area contributed by atoms with Crippen molar-refractivity contribution in [3.05, 3.63) is 163 Å². The molecule has 0 aromatic heterocycles. The molecule has 8 rings (SSSR count). The van der Waals surface area contributed by atoms with E-state index in [0.29, 0.717) is 32.5 Å². The van der Waals surface area contributed by atoms with Crippen molar-refractivity contribution in [3.8, 4) is 0 Å². The summed E-state index contributed by atoms with van der Waals surface area (Å²) in [6.45, 7) is 33.0. The average molecular weight is 1050 g/mol. The summed E-state index contributed by atoms with van der Waals surface area (Å²) < 4.78 is 108. The van der Waals surface area contributed by atoms with Gasteiger partial charge in [0, 0.05) is 35.9 Å². The number of sulfone groups is 4. The third-order valence-electron chi connectivity index (χ3n) is 16.2. The van der Waals surface area contributed by atoms with Gasteiger partial charge in [-0.2, -0.15) is 0 Å². The minimum atomic E-state index is -3.66. The Hall–Kier alpha value is -4.36. The van der Waals surface area contributed by atoms with Crippen LogP contribution in [0, 0.1) is 21.7 Å². The zero-order valence-electron chi connectivity index (χ0n) is 45.3. The fraction of sp³-hybridized carbons (Fsp3) is 0.467. The number of hydrogen-bond acceptors (Lipinski definition) is 8. The zero-order valence-corrected chi connectivity index (χ0v) is 48.5. The molecule has 2 atom stereocenters. The highest BCUT2D eigenvalue weighted by molar-refractivity contribution is 7.96. The molecular formula is C60H76O8S4. The first-order chi connectivity index (χ1) is 32.6. The van der Waals surface area contributed by atoms with Crippen LogP contribution in [0.3, 0.4) is 0 Å². The van der Waals surface area contributed by atoms with Crippen molar-refractivity contribution in [2.24, 2.45) is 21.7 Å². The van der Waals surface area contributed by atoms with E-state index < -0.39 is 61.0 Å². The van der Waals surface area contributed by atoms with Crippen LogP contribution >= 0.6 is 0 Å². The van der Waals surface area contributed by atoms with Crippen LogP contribution in [0.5, 0.6) is 0 Å². The van der Waals surface area contributed by atoms with E-state index in [-0.39, 0.29) is 54.1 Å². The van der Waals surface area contributed by atoms with E-state index in [1.807, 2.05) is 88.4 Å². The molecule has 0 heterocycles. The molecule has 0 fully saturated rings. The molecule has 4 aliphatic carbocycles. The van der Waals surface area contributed by atoms with Gasteiger partial charge < -0.3 is 0 Å². The van der Waals surface area contributed by atoms with Gasteiger partial charge >= 0.3 is 0 Å². The second-order valence-corrected chi connectivity index (χ2v) is 33.9. The molecule has 4 aromatic carbocycles. The van der Waals surface area contributed by atoms with Crippen LogP contribution in [0.15, 0.2) is 161 Å². The van der Waals surface area contributed by atoms with Crippen molar-refractivity contribution in [2.75, 3.05) is 0 Å². The Morgan fingerprint density at radius 2 is 0.500 bits per heavy atom. The van der Waals surface area contributed by atoms with Crippen molar-refractivity contribution < 1.29 is 33.7 Å². The van der Waals surface area contributed by atoms with E-state index in [2.05, 4.69) is 83.1 Å². The smallest absolute Gasteiger partial charge is 0.202 e. The summed E-state index contributed by atoms with van der Waals surface area (Å²) in [7, 11) is -14.6. The van der Waals surface area contributed by atoms with Crippen molar-refractivity contribution in [2.45, 2.75) is 178 Å². The van der Waals surface area contributed by atoms with Crippen LogP contribution in [0.2, 0.25) is 0 Å². The third kappa shape index (κ3) is 10.00. The lowest BCUT2D eigenvalue weighted by Gasteiger charge is -2.33. The highest BCUT2D eigenvalue weighted by Gasteiger charge is 2.56. The lowest BCUT2D eigenvalue weighted by atomic mass is 9.70. The molecule has 0 N–H and O–H groups in total. The molecule has 4 aromatic rings. The Kier molecular flexibility index (Phi) is 13.6. The monoisotopic (exact) mass is 1050 g/mol. The lowest BCUT2D eigenvalue weighted by Crippen LogP contribution is -2.26. The molecule has 2 unspecified atom stereocenters. The van der Waals surface area contributed by atoms with Gasteiger partial charge in [-0.3, -0.25) is 0 Å². The van der Waals surface area contributed by atoms with Crippen molar-refractivity contribution in [3.63, 3.8) is 0 Å².